The summed E-state index contributed by atoms with van der Waals surface area (Å²) in [5, 5.41) is 21.1. The monoisotopic (exact) mass is 328 g/mol. The number of aromatic nitrogens is 4. The minimum absolute atomic E-state index is 0.145. The molecule has 0 radical (unpaired) electrons. The fourth-order valence-corrected chi connectivity index (χ4v) is 3.43. The average Bonchev–Trinajstić information content (AvgIpc) is 2.95. The minimum Gasteiger partial charge on any atom is -0.508 e. The van der Waals surface area contributed by atoms with Gasteiger partial charge in [0, 0.05) is 4.90 Å². The molecular formula is C16H16N4O2S. The van der Waals surface area contributed by atoms with Crippen molar-refractivity contribution in [2.24, 2.45) is 0 Å². The Balaban J connectivity index is 1.93. The van der Waals surface area contributed by atoms with Crippen molar-refractivity contribution in [3.63, 3.8) is 0 Å². The first-order chi connectivity index (χ1) is 11.1. The van der Waals surface area contributed by atoms with E-state index in [0.29, 0.717) is 10.7 Å². The number of hydrogen-bond acceptors (Lipinski definition) is 5. The Morgan fingerprint density at radius 3 is 2.39 bits per heavy atom. The van der Waals surface area contributed by atoms with Crippen LogP contribution in [0.4, 0.5) is 0 Å². The molecule has 0 unspecified atom stereocenters. The zero-order chi connectivity index (χ0) is 16.4. The highest BCUT2D eigenvalue weighted by Gasteiger charge is 2.16. The van der Waals surface area contributed by atoms with Crippen molar-refractivity contribution in [2.45, 2.75) is 24.5 Å². The van der Waals surface area contributed by atoms with Gasteiger partial charge in [0.2, 0.25) is 0 Å². The molecule has 23 heavy (non-hydrogen) atoms. The Hall–Kier alpha value is -2.54. The molecule has 1 atom stereocenters. The predicted molar refractivity (Wildman–Crippen MR) is 86.8 cm³/mol. The van der Waals surface area contributed by atoms with E-state index in [1.807, 2.05) is 32.0 Å². The molecule has 0 spiro atoms. The van der Waals surface area contributed by atoms with Gasteiger partial charge in [-0.25, -0.2) is 0 Å². The molecule has 0 saturated carbocycles. The summed E-state index contributed by atoms with van der Waals surface area (Å²) in [6, 6.07) is 12.3. The maximum Gasteiger partial charge on any atom is 0.169 e. The van der Waals surface area contributed by atoms with Gasteiger partial charge in [-0.15, -0.1) is 5.10 Å². The molecule has 2 aromatic carbocycles. The molecule has 6 nitrogen and oxygen atoms in total. The molecule has 0 amide bonds. The topological polar surface area (TPSA) is 80.9 Å². The van der Waals surface area contributed by atoms with Gasteiger partial charge in [-0.3, -0.25) is 4.21 Å². The van der Waals surface area contributed by atoms with E-state index in [-0.39, 0.29) is 11.5 Å². The van der Waals surface area contributed by atoms with Crippen LogP contribution in [-0.2, 0) is 16.6 Å². The van der Waals surface area contributed by atoms with Crippen LogP contribution >= 0.6 is 0 Å². The van der Waals surface area contributed by atoms with Crippen molar-refractivity contribution in [1.29, 1.82) is 0 Å². The van der Waals surface area contributed by atoms with Crippen molar-refractivity contribution in [3.05, 3.63) is 59.4 Å². The Morgan fingerprint density at radius 1 is 1.09 bits per heavy atom. The lowest BCUT2D eigenvalue weighted by molar-refractivity contribution is 0.475. The number of para-hydroxylation sites is 1. The number of hydrogen-bond donors (Lipinski definition) is 1. The number of phenols is 1. The van der Waals surface area contributed by atoms with Crippen LogP contribution in [0, 0.1) is 13.8 Å². The van der Waals surface area contributed by atoms with E-state index < -0.39 is 10.8 Å². The number of nitrogens with zero attached hydrogens (tertiary/aromatic N) is 4. The SMILES string of the molecule is Cc1cccc(C)c1-n1nnnc1C[S@](=O)c1ccc(O)cc1. The Bertz CT molecular complexity index is 839. The molecule has 1 aromatic heterocycles. The van der Waals surface area contributed by atoms with Gasteiger partial charge in [0.1, 0.15) is 5.75 Å². The molecule has 1 N–H and O–H groups in total. The Labute approximate surface area is 136 Å². The lowest BCUT2D eigenvalue weighted by Crippen LogP contribution is -2.09. The third-order valence-electron chi connectivity index (χ3n) is 3.55. The minimum atomic E-state index is -1.29. The summed E-state index contributed by atoms with van der Waals surface area (Å²) in [6.45, 7) is 3.98. The van der Waals surface area contributed by atoms with Gasteiger partial charge in [-0.2, -0.15) is 4.68 Å². The Morgan fingerprint density at radius 2 is 1.74 bits per heavy atom. The number of aryl methyl sites for hydroxylation is 2. The lowest BCUT2D eigenvalue weighted by Gasteiger charge is -2.10. The van der Waals surface area contributed by atoms with Gasteiger partial charge >= 0.3 is 0 Å². The fraction of sp³-hybridized carbons (Fsp3) is 0.188. The van der Waals surface area contributed by atoms with E-state index in [0.717, 1.165) is 16.8 Å². The zero-order valence-electron chi connectivity index (χ0n) is 12.8. The van der Waals surface area contributed by atoms with Gasteiger partial charge in [-0.1, -0.05) is 18.2 Å². The molecular weight excluding hydrogens is 312 g/mol. The highest BCUT2D eigenvalue weighted by atomic mass is 32.2. The molecule has 3 aromatic rings. The maximum atomic E-state index is 12.5. The van der Waals surface area contributed by atoms with E-state index in [1.165, 1.54) is 12.1 Å². The zero-order valence-corrected chi connectivity index (χ0v) is 13.6. The summed E-state index contributed by atoms with van der Waals surface area (Å²) in [5.41, 5.74) is 3.01. The second-order valence-corrected chi connectivity index (χ2v) is 6.68. The molecule has 0 fully saturated rings. The van der Waals surface area contributed by atoms with E-state index in [9.17, 15) is 9.32 Å². The second kappa shape index (κ2) is 6.29. The molecule has 0 bridgehead atoms. The van der Waals surface area contributed by atoms with Gasteiger partial charge in [0.05, 0.1) is 22.2 Å². The summed E-state index contributed by atoms with van der Waals surface area (Å²) in [4.78, 5) is 0.624. The molecule has 7 heteroatoms. The highest BCUT2D eigenvalue weighted by Crippen LogP contribution is 2.20. The maximum absolute atomic E-state index is 12.5. The number of tetrazole rings is 1. The van der Waals surface area contributed by atoms with Crippen LogP contribution in [0.3, 0.4) is 0 Å². The molecule has 118 valence electrons. The normalized spacial score (nSPS) is 12.3. The van der Waals surface area contributed by atoms with Gasteiger partial charge in [-0.05, 0) is 59.7 Å². The first kappa shape index (κ1) is 15.4. The molecule has 1 heterocycles. The molecule has 0 aliphatic heterocycles. The summed E-state index contributed by atoms with van der Waals surface area (Å²) < 4.78 is 14.1. The van der Waals surface area contributed by atoms with E-state index >= 15 is 0 Å². The highest BCUT2D eigenvalue weighted by molar-refractivity contribution is 7.84. The quantitative estimate of drug-likeness (QED) is 0.795. The lowest BCUT2D eigenvalue weighted by atomic mass is 10.1. The van der Waals surface area contributed by atoms with E-state index in [4.69, 9.17) is 0 Å². The van der Waals surface area contributed by atoms with Crippen molar-refractivity contribution in [3.8, 4) is 11.4 Å². The molecule has 0 aliphatic rings. The van der Waals surface area contributed by atoms with Crippen LogP contribution in [0.1, 0.15) is 17.0 Å². The van der Waals surface area contributed by atoms with E-state index in [1.54, 1.807) is 16.8 Å². The summed E-state index contributed by atoms with van der Waals surface area (Å²) in [7, 11) is -1.29. The molecule has 3 rings (SSSR count). The standard InChI is InChI=1S/C16H16N4O2S/c1-11-4-3-5-12(2)16(11)20-15(17-18-19-20)10-23(22)14-8-6-13(21)7-9-14/h3-9,21H,10H2,1-2H3/t23-/m0/s1. The van der Waals surface area contributed by atoms with Crippen LogP contribution < -0.4 is 0 Å². The summed E-state index contributed by atoms with van der Waals surface area (Å²) in [6.07, 6.45) is 0. The number of phenolic OH excluding ortho intramolecular Hbond substituents is 1. The Kier molecular flexibility index (Phi) is 4.20. The summed E-state index contributed by atoms with van der Waals surface area (Å²) >= 11 is 0. The van der Waals surface area contributed by atoms with Gasteiger partial charge < -0.3 is 5.11 Å². The molecule has 0 aliphatic carbocycles. The van der Waals surface area contributed by atoms with Crippen molar-refractivity contribution < 1.29 is 9.32 Å². The number of rotatable bonds is 4. The summed E-state index contributed by atoms with van der Waals surface area (Å²) in [5.74, 6) is 0.880. The van der Waals surface area contributed by atoms with Crippen LogP contribution in [0.25, 0.3) is 5.69 Å². The smallest absolute Gasteiger partial charge is 0.169 e. The second-order valence-electron chi connectivity index (χ2n) is 5.23. The molecule has 0 saturated heterocycles. The van der Waals surface area contributed by atoms with E-state index in [2.05, 4.69) is 15.5 Å². The van der Waals surface area contributed by atoms with Gasteiger partial charge in [0.25, 0.3) is 0 Å². The third-order valence-corrected chi connectivity index (χ3v) is 4.86. The van der Waals surface area contributed by atoms with Crippen molar-refractivity contribution in [1.82, 2.24) is 20.2 Å². The van der Waals surface area contributed by atoms with Crippen molar-refractivity contribution >= 4 is 10.8 Å². The van der Waals surface area contributed by atoms with Crippen LogP contribution in [0.15, 0.2) is 47.4 Å². The first-order valence-electron chi connectivity index (χ1n) is 7.07. The van der Waals surface area contributed by atoms with Crippen molar-refractivity contribution in [2.75, 3.05) is 0 Å². The number of benzene rings is 2. The fourth-order valence-electron chi connectivity index (χ4n) is 2.41. The largest absolute Gasteiger partial charge is 0.508 e. The average molecular weight is 328 g/mol. The third kappa shape index (κ3) is 3.14. The van der Waals surface area contributed by atoms with Crippen LogP contribution in [-0.4, -0.2) is 29.5 Å². The van der Waals surface area contributed by atoms with Crippen LogP contribution in [0.5, 0.6) is 5.75 Å². The first-order valence-corrected chi connectivity index (χ1v) is 8.39. The van der Waals surface area contributed by atoms with Gasteiger partial charge in [0.15, 0.2) is 5.82 Å². The van der Waals surface area contributed by atoms with Crippen LogP contribution in [0.2, 0.25) is 0 Å². The number of aromatic hydroxyl groups is 1. The predicted octanol–water partition coefficient (Wildman–Crippen LogP) is 2.29.